The molecule has 0 spiro atoms. The molecule has 0 aliphatic rings. The second kappa shape index (κ2) is 8.56. The Hall–Kier alpha value is -1.51. The zero-order valence-corrected chi connectivity index (χ0v) is 11.1. The molecule has 3 nitrogen and oxygen atoms in total. The summed E-state index contributed by atoms with van der Waals surface area (Å²) in [4.78, 5) is 11.8. The predicted octanol–water partition coefficient (Wildman–Crippen LogP) is 3.24. The Morgan fingerprint density at radius 2 is 2.06 bits per heavy atom. The lowest BCUT2D eigenvalue weighted by molar-refractivity contribution is -0.149. The van der Waals surface area contributed by atoms with Crippen LogP contribution in [0, 0.1) is 12.0 Å². The number of benzene rings is 1. The van der Waals surface area contributed by atoms with Gasteiger partial charge in [-0.15, -0.1) is 0 Å². The molecule has 0 aromatic heterocycles. The number of carbonyl (C=O) groups excluding carboxylic acids is 1. The first-order valence-corrected chi connectivity index (χ1v) is 6.53. The molecule has 0 fully saturated rings. The van der Waals surface area contributed by atoms with Crippen LogP contribution in [-0.2, 0) is 9.53 Å². The zero-order chi connectivity index (χ0) is 13.2. The molecule has 0 aliphatic carbocycles. The summed E-state index contributed by atoms with van der Waals surface area (Å²) in [6.45, 7) is 4.73. The maximum absolute atomic E-state index is 11.8. The first-order valence-electron chi connectivity index (χ1n) is 6.53. The fraction of sp³-hybridized carbons (Fsp3) is 0.533. The van der Waals surface area contributed by atoms with Crippen LogP contribution in [0.3, 0.4) is 0 Å². The quantitative estimate of drug-likeness (QED) is 0.663. The van der Waals surface area contributed by atoms with E-state index in [1.54, 1.807) is 12.1 Å². The summed E-state index contributed by atoms with van der Waals surface area (Å²) in [5, 5.41) is 0. The number of carbonyl (C=O) groups is 1. The van der Waals surface area contributed by atoms with Crippen molar-refractivity contribution in [3.63, 3.8) is 0 Å². The molecule has 1 atom stereocenters. The molecule has 1 unspecified atom stereocenters. The molecule has 18 heavy (non-hydrogen) atoms. The van der Waals surface area contributed by atoms with Crippen LogP contribution in [0.4, 0.5) is 0 Å². The Bertz CT molecular complexity index is 335. The summed E-state index contributed by atoms with van der Waals surface area (Å²) >= 11 is 0. The van der Waals surface area contributed by atoms with E-state index in [1.807, 2.05) is 19.1 Å². The van der Waals surface area contributed by atoms with Gasteiger partial charge in [0, 0.05) is 0 Å². The largest absolute Gasteiger partial charge is 0.493 e. The third-order valence-corrected chi connectivity index (χ3v) is 2.66. The molecule has 0 aliphatic heterocycles. The smallest absolute Gasteiger partial charge is 0.312 e. The monoisotopic (exact) mass is 249 g/mol. The van der Waals surface area contributed by atoms with Gasteiger partial charge < -0.3 is 9.47 Å². The molecule has 0 amide bonds. The van der Waals surface area contributed by atoms with Crippen molar-refractivity contribution in [1.29, 1.82) is 0 Å². The van der Waals surface area contributed by atoms with Crippen LogP contribution in [0.1, 0.15) is 33.1 Å². The predicted molar refractivity (Wildman–Crippen MR) is 70.4 cm³/mol. The highest BCUT2D eigenvalue weighted by molar-refractivity contribution is 5.72. The molecule has 1 aromatic rings. The number of unbranched alkanes of at least 4 members (excludes halogenated alkanes) is 1. The third-order valence-electron chi connectivity index (χ3n) is 2.66. The number of hydrogen-bond acceptors (Lipinski definition) is 3. The molecule has 0 saturated heterocycles. The van der Waals surface area contributed by atoms with Crippen molar-refractivity contribution in [1.82, 2.24) is 0 Å². The normalized spacial score (nSPS) is 11.9. The highest BCUT2D eigenvalue weighted by atomic mass is 16.5. The van der Waals surface area contributed by atoms with Crippen LogP contribution in [0.2, 0.25) is 0 Å². The Kier molecular flexibility index (Phi) is 6.92. The van der Waals surface area contributed by atoms with Gasteiger partial charge in [0.25, 0.3) is 0 Å². The van der Waals surface area contributed by atoms with Crippen LogP contribution in [-0.4, -0.2) is 19.2 Å². The van der Waals surface area contributed by atoms with Crippen molar-refractivity contribution in [3.05, 3.63) is 30.3 Å². The van der Waals surface area contributed by atoms with Gasteiger partial charge in [-0.25, -0.2) is 0 Å². The molecule has 1 radical (unpaired) electrons. The molecule has 0 bridgehead atoms. The zero-order valence-electron chi connectivity index (χ0n) is 11.1. The Morgan fingerprint density at radius 1 is 1.33 bits per heavy atom. The standard InChI is InChI=1S/C15H21O3/c1-3-5-9-13(15(16)17-4-2)12-18-14-10-7-6-8-11-14/h7-8,10-11,13H,3-5,9,12H2,1-2H3. The molecular formula is C15H21O3. The van der Waals surface area contributed by atoms with Gasteiger partial charge in [0.2, 0.25) is 0 Å². The number of ether oxygens (including phenoxy) is 2. The first kappa shape index (κ1) is 14.6. The van der Waals surface area contributed by atoms with Crippen molar-refractivity contribution in [2.75, 3.05) is 13.2 Å². The van der Waals surface area contributed by atoms with E-state index in [-0.39, 0.29) is 11.9 Å². The molecule has 3 heteroatoms. The average molecular weight is 249 g/mol. The van der Waals surface area contributed by atoms with Crippen molar-refractivity contribution < 1.29 is 14.3 Å². The summed E-state index contributed by atoms with van der Waals surface area (Å²) in [5.41, 5.74) is 0. The van der Waals surface area contributed by atoms with E-state index >= 15 is 0 Å². The van der Waals surface area contributed by atoms with Gasteiger partial charge in [-0.2, -0.15) is 0 Å². The Morgan fingerprint density at radius 3 is 2.67 bits per heavy atom. The van der Waals surface area contributed by atoms with Gasteiger partial charge in [-0.3, -0.25) is 4.79 Å². The molecule has 0 N–H and O–H groups in total. The number of rotatable bonds is 8. The lowest BCUT2D eigenvalue weighted by Crippen LogP contribution is -2.24. The first-order chi connectivity index (χ1) is 8.77. The molecular weight excluding hydrogens is 228 g/mol. The van der Waals surface area contributed by atoms with Crippen LogP contribution < -0.4 is 4.74 Å². The number of esters is 1. The summed E-state index contributed by atoms with van der Waals surface area (Å²) in [6, 6.07) is 10.2. The van der Waals surface area contributed by atoms with Gasteiger partial charge in [-0.1, -0.05) is 31.9 Å². The highest BCUT2D eigenvalue weighted by Crippen LogP contribution is 2.15. The molecule has 0 saturated carbocycles. The Labute approximate surface area is 109 Å². The van der Waals surface area contributed by atoms with Gasteiger partial charge in [-0.05, 0) is 31.5 Å². The van der Waals surface area contributed by atoms with Crippen LogP contribution in [0.25, 0.3) is 0 Å². The SMILES string of the molecule is CCCCC(COc1cc[c]cc1)C(=O)OCC. The van der Waals surface area contributed by atoms with E-state index in [9.17, 15) is 4.79 Å². The molecule has 1 rings (SSSR count). The minimum atomic E-state index is -0.172. The van der Waals surface area contributed by atoms with Crippen LogP contribution in [0.5, 0.6) is 5.75 Å². The van der Waals surface area contributed by atoms with Crippen LogP contribution >= 0.6 is 0 Å². The number of hydrogen-bond donors (Lipinski definition) is 0. The lowest BCUT2D eigenvalue weighted by Gasteiger charge is -2.16. The second-order valence-electron chi connectivity index (χ2n) is 4.14. The minimum Gasteiger partial charge on any atom is -0.493 e. The van der Waals surface area contributed by atoms with E-state index < -0.39 is 0 Å². The van der Waals surface area contributed by atoms with Crippen molar-refractivity contribution in [2.45, 2.75) is 33.1 Å². The van der Waals surface area contributed by atoms with Crippen molar-refractivity contribution >= 4 is 5.97 Å². The summed E-state index contributed by atoms with van der Waals surface area (Å²) in [5.74, 6) is 0.432. The highest BCUT2D eigenvalue weighted by Gasteiger charge is 2.20. The van der Waals surface area contributed by atoms with E-state index in [0.717, 1.165) is 25.0 Å². The second-order valence-corrected chi connectivity index (χ2v) is 4.14. The van der Waals surface area contributed by atoms with Gasteiger partial charge in [0.1, 0.15) is 12.4 Å². The van der Waals surface area contributed by atoms with E-state index in [4.69, 9.17) is 9.47 Å². The summed E-state index contributed by atoms with van der Waals surface area (Å²) in [6.07, 6.45) is 2.89. The van der Waals surface area contributed by atoms with Gasteiger partial charge in [0.05, 0.1) is 12.5 Å². The van der Waals surface area contributed by atoms with Crippen molar-refractivity contribution in [2.24, 2.45) is 5.92 Å². The molecule has 99 valence electrons. The average Bonchev–Trinajstić information content (AvgIpc) is 2.40. The van der Waals surface area contributed by atoms with Gasteiger partial charge in [0.15, 0.2) is 0 Å². The fourth-order valence-electron chi connectivity index (χ4n) is 1.64. The topological polar surface area (TPSA) is 35.5 Å². The lowest BCUT2D eigenvalue weighted by atomic mass is 10.0. The third kappa shape index (κ3) is 5.21. The van der Waals surface area contributed by atoms with E-state index in [2.05, 4.69) is 13.0 Å². The molecule has 0 heterocycles. The van der Waals surface area contributed by atoms with E-state index in [0.29, 0.717) is 13.2 Å². The maximum atomic E-state index is 11.8. The van der Waals surface area contributed by atoms with Crippen LogP contribution in [0.15, 0.2) is 24.3 Å². The maximum Gasteiger partial charge on any atom is 0.312 e. The summed E-state index contributed by atoms with van der Waals surface area (Å²) in [7, 11) is 0. The molecule has 1 aromatic carbocycles. The minimum absolute atomic E-state index is 0.159. The summed E-state index contributed by atoms with van der Waals surface area (Å²) < 4.78 is 10.7. The fourth-order valence-corrected chi connectivity index (χ4v) is 1.64. The Balaban J connectivity index is 2.47. The van der Waals surface area contributed by atoms with Gasteiger partial charge >= 0.3 is 5.97 Å². The van der Waals surface area contributed by atoms with Crippen molar-refractivity contribution in [3.8, 4) is 5.75 Å². The van der Waals surface area contributed by atoms with E-state index in [1.165, 1.54) is 0 Å².